The summed E-state index contributed by atoms with van der Waals surface area (Å²) in [5.41, 5.74) is 4.83. The average Bonchev–Trinajstić information content (AvgIpc) is 3.35. The number of aromatic amines is 1. The normalized spacial score (nSPS) is 18.2. The van der Waals surface area contributed by atoms with Gasteiger partial charge in [0.2, 0.25) is 5.91 Å². The number of para-hydroxylation sites is 1. The molecular formula is C28H31N3O4. The summed E-state index contributed by atoms with van der Waals surface area (Å²) in [4.78, 5) is 45.7. The van der Waals surface area contributed by atoms with Crippen LogP contribution in [-0.4, -0.2) is 58.8 Å². The van der Waals surface area contributed by atoms with Gasteiger partial charge in [0.25, 0.3) is 5.91 Å². The number of benzene rings is 2. The molecule has 182 valence electrons. The number of ether oxygens (including phenoxy) is 1. The Bertz CT molecular complexity index is 1270. The Morgan fingerprint density at radius 3 is 2.54 bits per heavy atom. The van der Waals surface area contributed by atoms with Crippen LogP contribution in [0.25, 0.3) is 10.9 Å². The zero-order valence-electron chi connectivity index (χ0n) is 20.3. The highest BCUT2D eigenvalue weighted by Gasteiger charge is 2.39. The molecule has 1 fully saturated rings. The number of nitrogens with zero attached hydrogens (tertiary/aromatic N) is 2. The molecule has 1 saturated heterocycles. The Morgan fingerprint density at radius 2 is 1.77 bits per heavy atom. The van der Waals surface area contributed by atoms with Crippen LogP contribution in [0, 0.1) is 12.8 Å². The average molecular weight is 474 g/mol. The van der Waals surface area contributed by atoms with Gasteiger partial charge in [0.15, 0.2) is 0 Å². The van der Waals surface area contributed by atoms with E-state index in [4.69, 9.17) is 4.74 Å². The predicted octanol–water partition coefficient (Wildman–Crippen LogP) is 4.21. The third-order valence-electron chi connectivity index (χ3n) is 7.31. The van der Waals surface area contributed by atoms with Gasteiger partial charge in [0.1, 0.15) is 0 Å². The topological polar surface area (TPSA) is 82.7 Å². The molecule has 2 aliphatic heterocycles. The van der Waals surface area contributed by atoms with Crippen molar-refractivity contribution >= 4 is 28.7 Å². The van der Waals surface area contributed by atoms with Crippen molar-refractivity contribution in [2.24, 2.45) is 5.92 Å². The van der Waals surface area contributed by atoms with E-state index < -0.39 is 0 Å². The number of carbonyl (C=O) groups excluding carboxylic acids is 3. The molecule has 3 aromatic rings. The summed E-state index contributed by atoms with van der Waals surface area (Å²) in [5.74, 6) is -0.325. The molecule has 35 heavy (non-hydrogen) atoms. The molecule has 0 spiro atoms. The molecule has 0 radical (unpaired) electrons. The largest absolute Gasteiger partial charge is 0.466 e. The minimum Gasteiger partial charge on any atom is -0.466 e. The smallest absolute Gasteiger partial charge is 0.309 e. The lowest BCUT2D eigenvalue weighted by Crippen LogP contribution is -2.42. The third kappa shape index (κ3) is 4.20. The van der Waals surface area contributed by atoms with Crippen molar-refractivity contribution in [2.45, 2.75) is 39.2 Å². The zero-order chi connectivity index (χ0) is 24.5. The standard InChI is InChI=1S/C28H31N3O4/c1-3-35-28(34)19-12-15-30(16-13-19)24(32)14-17-31-26(20-8-4-5-9-21(20)27(31)33)25-18(2)29-23-11-7-6-10-22(23)25/h4-11,19,26,29H,3,12-17H2,1-2H3. The van der Waals surface area contributed by atoms with Crippen molar-refractivity contribution in [3.05, 3.63) is 70.9 Å². The first kappa shape index (κ1) is 23.1. The van der Waals surface area contributed by atoms with Crippen LogP contribution in [-0.2, 0) is 14.3 Å². The highest BCUT2D eigenvalue weighted by molar-refractivity contribution is 6.01. The van der Waals surface area contributed by atoms with Crippen LogP contribution in [0.4, 0.5) is 0 Å². The van der Waals surface area contributed by atoms with Crippen LogP contribution in [0.3, 0.4) is 0 Å². The lowest BCUT2D eigenvalue weighted by molar-refractivity contribution is -0.151. The second-order valence-electron chi connectivity index (χ2n) is 9.35. The molecule has 0 aliphatic carbocycles. The number of H-pyrrole nitrogens is 1. The Balaban J connectivity index is 1.35. The van der Waals surface area contributed by atoms with Crippen molar-refractivity contribution in [3.8, 4) is 0 Å². The van der Waals surface area contributed by atoms with Crippen molar-refractivity contribution in [1.82, 2.24) is 14.8 Å². The van der Waals surface area contributed by atoms with E-state index in [1.165, 1.54) is 0 Å². The minimum absolute atomic E-state index is 0.0189. The Morgan fingerprint density at radius 1 is 1.06 bits per heavy atom. The maximum Gasteiger partial charge on any atom is 0.309 e. The minimum atomic E-state index is -0.239. The molecule has 0 bridgehead atoms. The van der Waals surface area contributed by atoms with Crippen LogP contribution < -0.4 is 0 Å². The van der Waals surface area contributed by atoms with Gasteiger partial charge in [-0.3, -0.25) is 14.4 Å². The van der Waals surface area contributed by atoms with Gasteiger partial charge in [0.05, 0.1) is 18.6 Å². The number of hydrogen-bond acceptors (Lipinski definition) is 4. The monoisotopic (exact) mass is 473 g/mol. The molecule has 0 saturated carbocycles. The molecule has 1 N–H and O–H groups in total. The van der Waals surface area contributed by atoms with Gasteiger partial charge in [0, 0.05) is 53.8 Å². The number of rotatable bonds is 6. The Hall–Kier alpha value is -3.61. The van der Waals surface area contributed by atoms with E-state index in [9.17, 15) is 14.4 Å². The van der Waals surface area contributed by atoms with Gasteiger partial charge in [-0.1, -0.05) is 36.4 Å². The summed E-state index contributed by atoms with van der Waals surface area (Å²) >= 11 is 0. The second-order valence-corrected chi connectivity index (χ2v) is 9.35. The number of hydrogen-bond donors (Lipinski definition) is 1. The third-order valence-corrected chi connectivity index (χ3v) is 7.31. The van der Waals surface area contributed by atoms with Crippen LogP contribution >= 0.6 is 0 Å². The van der Waals surface area contributed by atoms with Gasteiger partial charge >= 0.3 is 5.97 Å². The quantitative estimate of drug-likeness (QED) is 0.544. The number of esters is 1. The molecule has 3 heterocycles. The predicted molar refractivity (Wildman–Crippen MR) is 133 cm³/mol. The van der Waals surface area contributed by atoms with E-state index in [0.717, 1.165) is 27.7 Å². The summed E-state index contributed by atoms with van der Waals surface area (Å²) in [6.07, 6.45) is 1.49. The first-order valence-electron chi connectivity index (χ1n) is 12.4. The molecule has 2 amide bonds. The summed E-state index contributed by atoms with van der Waals surface area (Å²) < 4.78 is 5.13. The van der Waals surface area contributed by atoms with Gasteiger partial charge in [-0.2, -0.15) is 0 Å². The molecule has 1 atom stereocenters. The molecule has 7 nitrogen and oxygen atoms in total. The van der Waals surface area contributed by atoms with E-state index in [1.54, 1.807) is 6.92 Å². The zero-order valence-corrected chi connectivity index (χ0v) is 20.3. The van der Waals surface area contributed by atoms with Gasteiger partial charge in [-0.25, -0.2) is 0 Å². The number of aromatic nitrogens is 1. The fraction of sp³-hybridized carbons (Fsp3) is 0.393. The lowest BCUT2D eigenvalue weighted by Gasteiger charge is -2.32. The highest BCUT2D eigenvalue weighted by Crippen LogP contribution is 2.42. The number of likely N-dealkylation sites (tertiary alicyclic amines) is 1. The number of piperidine rings is 1. The van der Waals surface area contributed by atoms with Gasteiger partial charge in [-0.15, -0.1) is 0 Å². The molecular weight excluding hydrogens is 442 g/mol. The van der Waals surface area contributed by atoms with Gasteiger partial charge < -0.3 is 19.5 Å². The fourth-order valence-corrected chi connectivity index (χ4v) is 5.56. The Kier molecular flexibility index (Phi) is 6.32. The summed E-state index contributed by atoms with van der Waals surface area (Å²) in [5, 5.41) is 1.09. The molecule has 2 aromatic carbocycles. The lowest BCUT2D eigenvalue weighted by atomic mass is 9.95. The molecule has 7 heteroatoms. The van der Waals surface area contributed by atoms with E-state index in [1.807, 2.05) is 59.2 Å². The van der Waals surface area contributed by atoms with Crippen LogP contribution in [0.15, 0.2) is 48.5 Å². The Labute approximate surface area is 205 Å². The van der Waals surface area contributed by atoms with E-state index in [0.29, 0.717) is 44.6 Å². The van der Waals surface area contributed by atoms with Crippen molar-refractivity contribution in [1.29, 1.82) is 0 Å². The first-order chi connectivity index (χ1) is 17.0. The van der Waals surface area contributed by atoms with Crippen LogP contribution in [0.5, 0.6) is 0 Å². The van der Waals surface area contributed by atoms with E-state index in [-0.39, 0.29) is 36.2 Å². The number of nitrogens with one attached hydrogen (secondary N) is 1. The first-order valence-corrected chi connectivity index (χ1v) is 12.4. The van der Waals surface area contributed by atoms with E-state index in [2.05, 4.69) is 11.1 Å². The summed E-state index contributed by atoms with van der Waals surface area (Å²) in [7, 11) is 0. The van der Waals surface area contributed by atoms with Crippen LogP contribution in [0.1, 0.15) is 59.4 Å². The molecule has 1 aromatic heterocycles. The summed E-state index contributed by atoms with van der Waals surface area (Å²) in [6, 6.07) is 15.6. The number of amides is 2. The SMILES string of the molecule is CCOC(=O)C1CCN(C(=O)CCN2C(=O)c3ccccc3C2c2c(C)[nH]c3ccccc23)CC1. The maximum absolute atomic E-state index is 13.5. The van der Waals surface area contributed by atoms with Crippen LogP contribution in [0.2, 0.25) is 0 Å². The highest BCUT2D eigenvalue weighted by atomic mass is 16.5. The van der Waals surface area contributed by atoms with Crippen molar-refractivity contribution < 1.29 is 19.1 Å². The molecule has 5 rings (SSSR count). The number of aryl methyl sites for hydroxylation is 1. The van der Waals surface area contributed by atoms with Crippen molar-refractivity contribution in [3.63, 3.8) is 0 Å². The van der Waals surface area contributed by atoms with E-state index >= 15 is 0 Å². The fourth-order valence-electron chi connectivity index (χ4n) is 5.56. The van der Waals surface area contributed by atoms with Gasteiger partial charge in [-0.05, 0) is 44.4 Å². The molecule has 1 unspecified atom stereocenters. The maximum atomic E-state index is 13.5. The van der Waals surface area contributed by atoms with Crippen molar-refractivity contribution in [2.75, 3.05) is 26.2 Å². The molecule has 2 aliphatic rings. The summed E-state index contributed by atoms with van der Waals surface area (Å²) in [6.45, 7) is 5.65. The number of fused-ring (bicyclic) bond motifs is 2. The number of carbonyl (C=O) groups is 3. The second kappa shape index (κ2) is 9.56.